The van der Waals surface area contributed by atoms with E-state index in [0.717, 1.165) is 25.7 Å². The Kier molecular flexibility index (Phi) is 32.3. The Hall–Kier alpha value is -0.500. The van der Waals surface area contributed by atoms with Crippen molar-refractivity contribution in [3.8, 4) is 0 Å². The average Bonchev–Trinajstić information content (AvgIpc) is 3.01. The summed E-state index contributed by atoms with van der Waals surface area (Å²) in [7, 11) is 1.36. The summed E-state index contributed by atoms with van der Waals surface area (Å²) < 4.78 is 33.9. The maximum atomic E-state index is 12.2. The van der Waals surface area contributed by atoms with Gasteiger partial charge in [0.25, 0.3) is 7.82 Å². The zero-order valence-corrected chi connectivity index (χ0v) is 32.6. The molecule has 2 unspecified atom stereocenters. The molecule has 0 spiro atoms. The van der Waals surface area contributed by atoms with Gasteiger partial charge in [-0.25, -0.2) is 0 Å². The van der Waals surface area contributed by atoms with Crippen molar-refractivity contribution in [2.75, 3.05) is 54.1 Å². The van der Waals surface area contributed by atoms with Gasteiger partial charge in [0.15, 0.2) is 0 Å². The van der Waals surface area contributed by atoms with Gasteiger partial charge in [0, 0.05) is 13.0 Å². The number of ether oxygens (including phenoxy) is 2. The lowest BCUT2D eigenvalue weighted by atomic mass is 10.0. The first-order valence-corrected chi connectivity index (χ1v) is 21.2. The molecule has 0 saturated carbocycles. The number of hydrogen-bond donors (Lipinski definition) is 0. The van der Waals surface area contributed by atoms with E-state index >= 15 is 0 Å². The van der Waals surface area contributed by atoms with Gasteiger partial charge in [0.1, 0.15) is 19.3 Å². The van der Waals surface area contributed by atoms with Crippen molar-refractivity contribution in [2.45, 2.75) is 187 Å². The standard InChI is InChI=1S/C38H78NO7P/c1-6-8-10-11-12-13-14-15-16-17-18-19-20-21-22-23-24-25-26-27-28-29-30-33-43-35-37(46-38(40)31-9-7-2)36-45-47(41,42)44-34-32-39(3,4)5/h37H,6-36H2,1-5H3. The van der Waals surface area contributed by atoms with Crippen LogP contribution in [0.1, 0.15) is 181 Å². The van der Waals surface area contributed by atoms with Gasteiger partial charge in [0.05, 0.1) is 34.4 Å². The highest BCUT2D eigenvalue weighted by atomic mass is 31.2. The van der Waals surface area contributed by atoms with Crippen molar-refractivity contribution in [1.82, 2.24) is 0 Å². The third-order valence-electron chi connectivity index (χ3n) is 8.66. The third kappa shape index (κ3) is 36.6. The van der Waals surface area contributed by atoms with E-state index in [1.165, 1.54) is 135 Å². The second-order valence-electron chi connectivity index (χ2n) is 14.7. The lowest BCUT2D eigenvalue weighted by Gasteiger charge is -2.28. The van der Waals surface area contributed by atoms with E-state index < -0.39 is 13.9 Å². The number of phosphoric acid groups is 1. The molecule has 0 saturated heterocycles. The van der Waals surface area contributed by atoms with Crippen LogP contribution in [0.5, 0.6) is 0 Å². The fraction of sp³-hybridized carbons (Fsp3) is 0.974. The highest BCUT2D eigenvalue weighted by molar-refractivity contribution is 7.45. The molecule has 0 amide bonds. The Labute approximate surface area is 291 Å². The van der Waals surface area contributed by atoms with E-state index in [-0.39, 0.29) is 25.8 Å². The van der Waals surface area contributed by atoms with E-state index in [9.17, 15) is 14.3 Å². The molecule has 8 nitrogen and oxygen atoms in total. The Balaban J connectivity index is 3.74. The lowest BCUT2D eigenvalue weighted by molar-refractivity contribution is -0.870. The van der Waals surface area contributed by atoms with Gasteiger partial charge < -0.3 is 27.9 Å². The predicted molar refractivity (Wildman–Crippen MR) is 194 cm³/mol. The van der Waals surface area contributed by atoms with Gasteiger partial charge in [0.2, 0.25) is 0 Å². The Morgan fingerprint density at radius 2 is 0.979 bits per heavy atom. The van der Waals surface area contributed by atoms with Crippen LogP contribution in [0.15, 0.2) is 0 Å². The molecule has 0 aromatic carbocycles. The minimum Gasteiger partial charge on any atom is -0.756 e. The highest BCUT2D eigenvalue weighted by Crippen LogP contribution is 2.38. The molecule has 0 rings (SSSR count). The Morgan fingerprint density at radius 3 is 1.38 bits per heavy atom. The van der Waals surface area contributed by atoms with E-state index in [1.54, 1.807) is 0 Å². The summed E-state index contributed by atoms with van der Waals surface area (Å²) in [6.07, 6.45) is 32.4. The molecule has 0 radical (unpaired) electrons. The number of unbranched alkanes of at least 4 members (excludes halogenated alkanes) is 23. The van der Waals surface area contributed by atoms with Crippen LogP contribution in [0.2, 0.25) is 0 Å². The van der Waals surface area contributed by atoms with Gasteiger partial charge >= 0.3 is 5.97 Å². The Bertz CT molecular complexity index is 731. The minimum atomic E-state index is -4.49. The van der Waals surface area contributed by atoms with Crippen molar-refractivity contribution in [2.24, 2.45) is 0 Å². The molecule has 282 valence electrons. The number of esters is 1. The van der Waals surface area contributed by atoms with Crippen LogP contribution < -0.4 is 4.89 Å². The van der Waals surface area contributed by atoms with Gasteiger partial charge in [-0.3, -0.25) is 9.36 Å². The number of nitrogens with zero attached hydrogens (tertiary/aromatic N) is 1. The fourth-order valence-electron chi connectivity index (χ4n) is 5.52. The second-order valence-corrected chi connectivity index (χ2v) is 16.1. The molecule has 0 N–H and O–H groups in total. The monoisotopic (exact) mass is 692 g/mol. The molecule has 0 aromatic rings. The van der Waals surface area contributed by atoms with Crippen molar-refractivity contribution in [1.29, 1.82) is 0 Å². The zero-order valence-electron chi connectivity index (χ0n) is 31.7. The van der Waals surface area contributed by atoms with Crippen LogP contribution in [-0.4, -0.2) is 70.7 Å². The van der Waals surface area contributed by atoms with Crippen LogP contribution in [-0.2, 0) is 27.9 Å². The summed E-state index contributed by atoms with van der Waals surface area (Å²) in [5.74, 6) is -0.365. The highest BCUT2D eigenvalue weighted by Gasteiger charge is 2.20. The van der Waals surface area contributed by atoms with Crippen LogP contribution in [0.3, 0.4) is 0 Å². The average molecular weight is 692 g/mol. The minimum absolute atomic E-state index is 0.0290. The number of likely N-dealkylation sites (N-methyl/N-ethyl adjacent to an activating group) is 1. The van der Waals surface area contributed by atoms with E-state index in [4.69, 9.17) is 18.5 Å². The number of phosphoric ester groups is 1. The van der Waals surface area contributed by atoms with E-state index in [1.807, 2.05) is 28.1 Å². The zero-order chi connectivity index (χ0) is 34.9. The number of rotatable bonds is 37. The van der Waals surface area contributed by atoms with Gasteiger partial charge in [-0.05, 0) is 12.8 Å². The normalized spacial score (nSPS) is 13.9. The molecular formula is C38H78NO7P. The molecule has 0 aliphatic heterocycles. The molecule has 0 aliphatic rings. The maximum Gasteiger partial charge on any atom is 0.306 e. The summed E-state index contributed by atoms with van der Waals surface area (Å²) in [6.45, 7) is 5.20. The second kappa shape index (κ2) is 32.7. The van der Waals surface area contributed by atoms with Crippen molar-refractivity contribution in [3.63, 3.8) is 0 Å². The first kappa shape index (κ1) is 46.5. The van der Waals surface area contributed by atoms with Gasteiger partial charge in [-0.15, -0.1) is 0 Å². The smallest absolute Gasteiger partial charge is 0.306 e. The summed E-state index contributed by atoms with van der Waals surface area (Å²) in [4.78, 5) is 24.3. The summed E-state index contributed by atoms with van der Waals surface area (Å²) in [5, 5.41) is 0. The summed E-state index contributed by atoms with van der Waals surface area (Å²) in [6, 6.07) is 0. The van der Waals surface area contributed by atoms with Crippen LogP contribution in [0.4, 0.5) is 0 Å². The number of carbonyl (C=O) groups is 1. The summed E-state index contributed by atoms with van der Waals surface area (Å²) >= 11 is 0. The molecule has 0 bridgehead atoms. The van der Waals surface area contributed by atoms with Crippen molar-refractivity contribution >= 4 is 13.8 Å². The topological polar surface area (TPSA) is 94.1 Å². The van der Waals surface area contributed by atoms with Crippen molar-refractivity contribution < 1.29 is 37.3 Å². The quantitative estimate of drug-likeness (QED) is 0.0277. The first-order valence-electron chi connectivity index (χ1n) is 19.8. The predicted octanol–water partition coefficient (Wildman–Crippen LogP) is 10.3. The third-order valence-corrected chi connectivity index (χ3v) is 9.62. The molecular weight excluding hydrogens is 613 g/mol. The molecule has 0 heterocycles. The van der Waals surface area contributed by atoms with Crippen LogP contribution >= 0.6 is 7.82 Å². The maximum absolute atomic E-state index is 12.2. The SMILES string of the molecule is CCCCCCCCCCCCCCCCCCCCCCCCCOCC(COP(=O)([O-])OCC[N+](C)(C)C)OC(=O)CCCC. The van der Waals surface area contributed by atoms with E-state index in [2.05, 4.69) is 6.92 Å². The van der Waals surface area contributed by atoms with Crippen LogP contribution in [0.25, 0.3) is 0 Å². The van der Waals surface area contributed by atoms with E-state index in [0.29, 0.717) is 24.1 Å². The van der Waals surface area contributed by atoms with Gasteiger partial charge in [-0.1, -0.05) is 162 Å². The lowest BCUT2D eigenvalue weighted by Crippen LogP contribution is -2.37. The Morgan fingerprint density at radius 1 is 0.574 bits per heavy atom. The molecule has 2 atom stereocenters. The molecule has 9 heteroatoms. The molecule has 0 aliphatic carbocycles. The molecule has 47 heavy (non-hydrogen) atoms. The van der Waals surface area contributed by atoms with Crippen LogP contribution in [0, 0.1) is 0 Å². The number of hydrogen-bond acceptors (Lipinski definition) is 7. The van der Waals surface area contributed by atoms with Crippen molar-refractivity contribution in [3.05, 3.63) is 0 Å². The largest absolute Gasteiger partial charge is 0.756 e. The number of carbonyl (C=O) groups excluding carboxylic acids is 1. The van der Waals surface area contributed by atoms with Gasteiger partial charge in [-0.2, -0.15) is 0 Å². The fourth-order valence-corrected chi connectivity index (χ4v) is 6.25. The molecule has 0 aromatic heterocycles. The first-order chi connectivity index (χ1) is 22.6. The summed E-state index contributed by atoms with van der Waals surface area (Å²) in [5.41, 5.74) is 0. The molecule has 0 fully saturated rings. The number of quaternary nitrogens is 1.